The lowest BCUT2D eigenvalue weighted by atomic mass is 10.2. The van der Waals surface area contributed by atoms with Crippen LogP contribution in [0.3, 0.4) is 0 Å². The molecule has 0 atom stereocenters. The summed E-state index contributed by atoms with van der Waals surface area (Å²) in [6.07, 6.45) is 5.60. The number of allylic oxidation sites excluding steroid dienone is 1. The molecule has 4 heteroatoms. The average Bonchev–Trinajstić information content (AvgIpc) is 2.55. The molecule has 0 bridgehead atoms. The van der Waals surface area contributed by atoms with Crippen LogP contribution in [-0.4, -0.2) is 5.88 Å². The highest BCUT2D eigenvalue weighted by Crippen LogP contribution is 2.19. The van der Waals surface area contributed by atoms with E-state index in [0.29, 0.717) is 0 Å². The first kappa shape index (κ1) is 7.94. The molecule has 0 saturated heterocycles. The molecular weight excluding hydrogens is 194 g/mol. The Morgan fingerprint density at radius 3 is 3.29 bits per heavy atom. The van der Waals surface area contributed by atoms with E-state index in [1.54, 1.807) is 18.0 Å². The molecule has 14 heavy (non-hydrogen) atoms. The molecule has 2 heterocycles. The Balaban J connectivity index is 2.47. The molecule has 0 amide bonds. The number of hydrogen-bond donors (Lipinski definition) is 0. The van der Waals surface area contributed by atoms with Gasteiger partial charge in [-0.25, -0.2) is 0 Å². The third-order valence-electron chi connectivity index (χ3n) is 2.18. The van der Waals surface area contributed by atoms with Gasteiger partial charge >= 0.3 is 0 Å². The van der Waals surface area contributed by atoms with Gasteiger partial charge in [0.25, 0.3) is 0 Å². The summed E-state index contributed by atoms with van der Waals surface area (Å²) in [6, 6.07) is 4.06. The van der Waals surface area contributed by atoms with Crippen molar-refractivity contribution in [1.82, 2.24) is 0 Å². The first-order chi connectivity index (χ1) is 6.95. The lowest BCUT2D eigenvalue weighted by Crippen LogP contribution is -2.24. The monoisotopic (exact) mass is 201 g/mol. The fourth-order valence-corrected chi connectivity index (χ4v) is 2.36. The molecule has 2 aliphatic heterocycles. The molecule has 3 nitrogen and oxygen atoms in total. The van der Waals surface area contributed by atoms with Gasteiger partial charge in [-0.05, 0) is 24.3 Å². The van der Waals surface area contributed by atoms with Gasteiger partial charge in [-0.3, -0.25) is 4.99 Å². The Morgan fingerprint density at radius 1 is 1.29 bits per heavy atom. The van der Waals surface area contributed by atoms with Crippen molar-refractivity contribution in [3.63, 3.8) is 0 Å². The minimum atomic E-state index is 0.820. The minimum Gasteiger partial charge on any atom is -0.272 e. The largest absolute Gasteiger partial charge is 0.272 e. The average molecular weight is 201 g/mol. The highest BCUT2D eigenvalue weighted by atomic mass is 32.2. The van der Waals surface area contributed by atoms with Gasteiger partial charge in [-0.15, -0.1) is 11.8 Å². The molecule has 0 radical (unpaired) electrons. The minimum absolute atomic E-state index is 0.820. The van der Waals surface area contributed by atoms with Crippen LogP contribution in [0.5, 0.6) is 0 Å². The van der Waals surface area contributed by atoms with Crippen LogP contribution in [0.2, 0.25) is 0 Å². The van der Waals surface area contributed by atoms with Gasteiger partial charge in [0.2, 0.25) is 0 Å². The number of nitrogens with zero attached hydrogens (tertiary/aromatic N) is 3. The summed E-state index contributed by atoms with van der Waals surface area (Å²) in [6.45, 7) is 0. The maximum absolute atomic E-state index is 4.45. The molecule has 2 aliphatic rings. The predicted molar refractivity (Wildman–Crippen MR) is 56.1 cm³/mol. The van der Waals surface area contributed by atoms with Gasteiger partial charge in [0, 0.05) is 16.3 Å². The van der Waals surface area contributed by atoms with E-state index in [4.69, 9.17) is 0 Å². The molecule has 0 fully saturated rings. The van der Waals surface area contributed by atoms with Gasteiger partial charge < -0.3 is 0 Å². The molecule has 0 saturated carbocycles. The van der Waals surface area contributed by atoms with Crippen molar-refractivity contribution in [3.05, 3.63) is 35.0 Å². The van der Waals surface area contributed by atoms with Crippen molar-refractivity contribution in [1.29, 1.82) is 0 Å². The van der Waals surface area contributed by atoms with Crippen molar-refractivity contribution in [2.45, 2.75) is 4.90 Å². The molecule has 0 aromatic heterocycles. The van der Waals surface area contributed by atoms with E-state index >= 15 is 0 Å². The number of thioether (sulfide) groups is 1. The summed E-state index contributed by atoms with van der Waals surface area (Å²) < 4.78 is 0. The van der Waals surface area contributed by atoms with E-state index < -0.39 is 0 Å². The quantitative estimate of drug-likeness (QED) is 0.630. The van der Waals surface area contributed by atoms with Crippen LogP contribution >= 0.6 is 11.8 Å². The summed E-state index contributed by atoms with van der Waals surface area (Å²) in [4.78, 5) is 5.69. The van der Waals surface area contributed by atoms with Gasteiger partial charge in [-0.2, -0.15) is 10.2 Å². The summed E-state index contributed by atoms with van der Waals surface area (Å²) >= 11 is 1.76. The summed E-state index contributed by atoms with van der Waals surface area (Å²) in [5.41, 5.74) is 0.903. The molecule has 0 unspecified atom stereocenters. The predicted octanol–water partition coefficient (Wildman–Crippen LogP) is 1.76. The molecule has 68 valence electrons. The fraction of sp³-hybridized carbons (Fsp3) is 0.100. The van der Waals surface area contributed by atoms with E-state index in [1.807, 2.05) is 18.2 Å². The number of fused-ring (bicyclic) bond motifs is 3. The van der Waals surface area contributed by atoms with Crippen LogP contribution in [0.15, 0.2) is 44.5 Å². The number of azo groups is 1. The van der Waals surface area contributed by atoms with E-state index in [1.165, 1.54) is 4.90 Å². The molecule has 0 aliphatic carbocycles. The van der Waals surface area contributed by atoms with E-state index in [2.05, 4.69) is 21.3 Å². The van der Waals surface area contributed by atoms with Crippen molar-refractivity contribution in [2.75, 3.05) is 5.88 Å². The maximum Gasteiger partial charge on any atom is 0.0951 e. The van der Waals surface area contributed by atoms with Gasteiger partial charge in [0.05, 0.1) is 16.9 Å². The third kappa shape index (κ3) is 1.11. The van der Waals surface area contributed by atoms with E-state index in [0.717, 1.165) is 22.1 Å². The second kappa shape index (κ2) is 3.06. The zero-order valence-electron chi connectivity index (χ0n) is 7.34. The zero-order chi connectivity index (χ0) is 9.38. The Morgan fingerprint density at radius 2 is 2.29 bits per heavy atom. The lowest BCUT2D eigenvalue weighted by molar-refractivity contribution is 1.15. The van der Waals surface area contributed by atoms with Crippen LogP contribution in [0.4, 0.5) is 5.69 Å². The molecule has 1 aromatic carbocycles. The molecule has 0 spiro atoms. The highest BCUT2D eigenvalue weighted by molar-refractivity contribution is 7.99. The van der Waals surface area contributed by atoms with Crippen molar-refractivity contribution >= 4 is 23.5 Å². The Hall–Kier alpha value is -1.42. The van der Waals surface area contributed by atoms with Crippen LogP contribution in [0.1, 0.15) is 0 Å². The van der Waals surface area contributed by atoms with Crippen molar-refractivity contribution < 1.29 is 0 Å². The van der Waals surface area contributed by atoms with E-state index in [-0.39, 0.29) is 0 Å². The second-order valence-corrected chi connectivity index (χ2v) is 3.99. The standard InChI is InChI=1S/C10H7N3S/c1-2-7-8(13-12-5-1)3-4-9-10(7)11-6-14-9/h1-5H,6H2. The molecule has 0 N–H and O–H groups in total. The Kier molecular flexibility index (Phi) is 1.73. The van der Waals surface area contributed by atoms with Crippen LogP contribution in [0, 0.1) is 0 Å². The molecule has 3 rings (SSSR count). The van der Waals surface area contributed by atoms with Crippen molar-refractivity contribution in [3.8, 4) is 0 Å². The van der Waals surface area contributed by atoms with E-state index in [9.17, 15) is 0 Å². The lowest BCUT2D eigenvalue weighted by Gasteiger charge is -1.95. The number of benzene rings is 1. The smallest absolute Gasteiger partial charge is 0.0951 e. The van der Waals surface area contributed by atoms with Gasteiger partial charge in [0.15, 0.2) is 0 Å². The fourth-order valence-electron chi connectivity index (χ4n) is 1.55. The second-order valence-electron chi connectivity index (χ2n) is 3.00. The van der Waals surface area contributed by atoms with Crippen LogP contribution in [0.25, 0.3) is 6.08 Å². The number of hydrogen-bond acceptors (Lipinski definition) is 4. The maximum atomic E-state index is 4.45. The normalized spacial score (nSPS) is 16.6. The summed E-state index contributed by atoms with van der Waals surface area (Å²) in [5, 5.41) is 10.2. The summed E-state index contributed by atoms with van der Waals surface area (Å²) in [7, 11) is 0. The van der Waals surface area contributed by atoms with Gasteiger partial charge in [-0.1, -0.05) is 0 Å². The molecule has 1 aromatic rings. The van der Waals surface area contributed by atoms with Crippen molar-refractivity contribution in [2.24, 2.45) is 15.2 Å². The molecular formula is C10H7N3S. The SMILES string of the molecule is C1=CN=Nc2ccc3c(c2=C1)=NCS3. The first-order valence-corrected chi connectivity index (χ1v) is 5.32. The highest BCUT2D eigenvalue weighted by Gasteiger charge is 2.08. The van der Waals surface area contributed by atoms with Gasteiger partial charge in [0.1, 0.15) is 0 Å². The number of rotatable bonds is 0. The third-order valence-corrected chi connectivity index (χ3v) is 3.08. The topological polar surface area (TPSA) is 37.1 Å². The Labute approximate surface area is 85.0 Å². The Bertz CT molecular complexity index is 557. The summed E-state index contributed by atoms with van der Waals surface area (Å²) in [5.74, 6) is 0.820. The zero-order valence-corrected chi connectivity index (χ0v) is 8.16. The van der Waals surface area contributed by atoms with Crippen LogP contribution < -0.4 is 10.6 Å². The van der Waals surface area contributed by atoms with Crippen LogP contribution in [-0.2, 0) is 0 Å². The first-order valence-electron chi connectivity index (χ1n) is 4.33.